The maximum atomic E-state index is 6.24. The summed E-state index contributed by atoms with van der Waals surface area (Å²) in [4.78, 5) is 9.13. The zero-order chi connectivity index (χ0) is 19.7. The fourth-order valence-electron chi connectivity index (χ4n) is 3.05. The molecule has 0 fully saturated rings. The van der Waals surface area contributed by atoms with Crippen LogP contribution >= 0.6 is 11.3 Å². The Morgan fingerprint density at radius 1 is 1.00 bits per heavy atom. The Bertz CT molecular complexity index is 1130. The van der Waals surface area contributed by atoms with E-state index in [4.69, 9.17) is 4.74 Å². The molecular formula is C23H23N3OS. The van der Waals surface area contributed by atoms with Gasteiger partial charge in [0.2, 0.25) is 5.88 Å². The van der Waals surface area contributed by atoms with Gasteiger partial charge in [0.15, 0.2) is 5.13 Å². The van der Waals surface area contributed by atoms with Crippen molar-refractivity contribution in [2.75, 3.05) is 5.32 Å². The van der Waals surface area contributed by atoms with E-state index in [2.05, 4.69) is 61.2 Å². The van der Waals surface area contributed by atoms with E-state index in [0.717, 1.165) is 32.3 Å². The molecule has 2 aromatic carbocycles. The number of para-hydroxylation sites is 1. The molecule has 0 aliphatic heterocycles. The molecule has 5 heteroatoms. The maximum Gasteiger partial charge on any atom is 0.243 e. The third kappa shape index (κ3) is 3.85. The Kier molecular flexibility index (Phi) is 4.77. The highest BCUT2D eigenvalue weighted by molar-refractivity contribution is 7.22. The van der Waals surface area contributed by atoms with Crippen LogP contribution in [-0.4, -0.2) is 9.97 Å². The van der Waals surface area contributed by atoms with Gasteiger partial charge in [-0.25, -0.2) is 9.97 Å². The van der Waals surface area contributed by atoms with Gasteiger partial charge in [-0.05, 0) is 48.2 Å². The predicted octanol–water partition coefficient (Wildman–Crippen LogP) is 6.83. The highest BCUT2D eigenvalue weighted by Crippen LogP contribution is 2.37. The van der Waals surface area contributed by atoms with Crippen molar-refractivity contribution in [2.24, 2.45) is 0 Å². The van der Waals surface area contributed by atoms with Crippen molar-refractivity contribution in [2.45, 2.75) is 33.1 Å². The number of nitrogens with zero attached hydrogens (tertiary/aromatic N) is 2. The molecule has 1 N–H and O–H groups in total. The van der Waals surface area contributed by atoms with Crippen molar-refractivity contribution in [3.8, 4) is 11.6 Å². The molecule has 0 bridgehead atoms. The average Bonchev–Trinajstić information content (AvgIpc) is 3.04. The lowest BCUT2D eigenvalue weighted by Crippen LogP contribution is -2.12. The minimum Gasteiger partial charge on any atom is -0.437 e. The number of rotatable bonds is 4. The summed E-state index contributed by atoms with van der Waals surface area (Å²) < 4.78 is 7.39. The fourth-order valence-corrected chi connectivity index (χ4v) is 4.02. The minimum absolute atomic E-state index is 0.0240. The van der Waals surface area contributed by atoms with Gasteiger partial charge in [-0.2, -0.15) is 0 Å². The van der Waals surface area contributed by atoms with Crippen molar-refractivity contribution in [3.05, 3.63) is 71.9 Å². The van der Waals surface area contributed by atoms with E-state index in [9.17, 15) is 0 Å². The van der Waals surface area contributed by atoms with Crippen LogP contribution in [0.4, 0.5) is 10.8 Å². The van der Waals surface area contributed by atoms with Crippen LogP contribution in [0.5, 0.6) is 11.6 Å². The van der Waals surface area contributed by atoms with Crippen molar-refractivity contribution in [3.63, 3.8) is 0 Å². The zero-order valence-electron chi connectivity index (χ0n) is 16.5. The summed E-state index contributed by atoms with van der Waals surface area (Å²) in [6.07, 6.45) is 1.74. The Morgan fingerprint density at radius 3 is 2.64 bits per heavy atom. The third-order valence-corrected chi connectivity index (χ3v) is 5.39. The van der Waals surface area contributed by atoms with Gasteiger partial charge in [-0.3, -0.25) is 0 Å². The summed E-state index contributed by atoms with van der Waals surface area (Å²) in [5, 5.41) is 4.20. The van der Waals surface area contributed by atoms with Gasteiger partial charge in [0, 0.05) is 11.8 Å². The van der Waals surface area contributed by atoms with E-state index in [-0.39, 0.29) is 5.41 Å². The van der Waals surface area contributed by atoms with Crippen LogP contribution < -0.4 is 10.1 Å². The molecule has 0 aliphatic carbocycles. The summed E-state index contributed by atoms with van der Waals surface area (Å²) in [5.74, 6) is 1.35. The summed E-state index contributed by atoms with van der Waals surface area (Å²) in [5.41, 5.74) is 4.13. The Hall–Kier alpha value is -2.92. The number of aryl methyl sites for hydroxylation is 1. The molecule has 142 valence electrons. The molecule has 4 aromatic rings. The van der Waals surface area contributed by atoms with Crippen molar-refractivity contribution in [1.29, 1.82) is 0 Å². The van der Waals surface area contributed by atoms with Crippen LogP contribution in [0.3, 0.4) is 0 Å². The molecule has 0 atom stereocenters. The Balaban J connectivity index is 1.66. The molecule has 0 saturated heterocycles. The number of hydrogen-bond donors (Lipinski definition) is 1. The quantitative estimate of drug-likeness (QED) is 0.415. The normalized spacial score (nSPS) is 11.6. The summed E-state index contributed by atoms with van der Waals surface area (Å²) in [6.45, 7) is 8.62. The summed E-state index contributed by atoms with van der Waals surface area (Å²) in [6, 6.07) is 18.2. The molecule has 28 heavy (non-hydrogen) atoms. The number of fused-ring (bicyclic) bond motifs is 1. The molecular weight excluding hydrogens is 366 g/mol. The molecule has 0 saturated carbocycles. The van der Waals surface area contributed by atoms with E-state index < -0.39 is 0 Å². The number of ether oxygens (including phenoxy) is 1. The van der Waals surface area contributed by atoms with E-state index in [1.54, 1.807) is 17.5 Å². The number of anilines is 2. The molecule has 0 radical (unpaired) electrons. The lowest BCUT2D eigenvalue weighted by molar-refractivity contribution is 0.442. The first-order valence-corrected chi connectivity index (χ1v) is 10.1. The largest absolute Gasteiger partial charge is 0.437 e. The second-order valence-corrected chi connectivity index (χ2v) is 8.85. The molecule has 0 aliphatic rings. The van der Waals surface area contributed by atoms with Gasteiger partial charge in [-0.1, -0.05) is 56.4 Å². The monoisotopic (exact) mass is 389 g/mol. The van der Waals surface area contributed by atoms with Gasteiger partial charge >= 0.3 is 0 Å². The average molecular weight is 390 g/mol. The third-order valence-electron chi connectivity index (χ3n) is 4.46. The van der Waals surface area contributed by atoms with Crippen LogP contribution in [0.2, 0.25) is 0 Å². The highest BCUT2D eigenvalue weighted by Gasteiger charge is 2.20. The Morgan fingerprint density at radius 2 is 1.82 bits per heavy atom. The highest BCUT2D eigenvalue weighted by atomic mass is 32.1. The van der Waals surface area contributed by atoms with Gasteiger partial charge in [0.05, 0.1) is 10.2 Å². The molecule has 2 aromatic heterocycles. The summed E-state index contributed by atoms with van der Waals surface area (Å²) in [7, 11) is 0. The van der Waals surface area contributed by atoms with Crippen molar-refractivity contribution >= 4 is 32.4 Å². The van der Waals surface area contributed by atoms with Crippen molar-refractivity contribution < 1.29 is 4.74 Å². The van der Waals surface area contributed by atoms with Crippen molar-refractivity contribution in [1.82, 2.24) is 9.97 Å². The number of thiazole rings is 1. The van der Waals surface area contributed by atoms with Crippen LogP contribution in [0.15, 0.2) is 60.8 Å². The lowest BCUT2D eigenvalue weighted by atomic mass is 9.86. The first-order valence-electron chi connectivity index (χ1n) is 9.27. The van der Waals surface area contributed by atoms with Crippen LogP contribution in [0.25, 0.3) is 10.2 Å². The van der Waals surface area contributed by atoms with Crippen LogP contribution in [0.1, 0.15) is 31.9 Å². The molecule has 4 nitrogen and oxygen atoms in total. The number of nitrogens with one attached hydrogen (secondary N) is 1. The fraction of sp³-hybridized carbons (Fsp3) is 0.217. The van der Waals surface area contributed by atoms with Gasteiger partial charge in [0.25, 0.3) is 0 Å². The molecule has 0 unspecified atom stereocenters. The molecule has 2 heterocycles. The van der Waals surface area contributed by atoms with Gasteiger partial charge < -0.3 is 10.1 Å². The number of benzene rings is 2. The number of hydrogen-bond acceptors (Lipinski definition) is 5. The predicted molar refractivity (Wildman–Crippen MR) is 117 cm³/mol. The van der Waals surface area contributed by atoms with Gasteiger partial charge in [0.1, 0.15) is 11.4 Å². The lowest BCUT2D eigenvalue weighted by Gasteiger charge is -2.22. The van der Waals surface area contributed by atoms with Gasteiger partial charge in [-0.15, -0.1) is 0 Å². The van der Waals surface area contributed by atoms with E-state index in [1.165, 1.54) is 5.56 Å². The standard InChI is InChI=1S/C23H23N3OS/c1-15-11-12-17-20(14-15)28-22(25-17)26-18-9-7-13-24-21(18)27-19-10-6-5-8-16(19)23(2,3)4/h5-14H,1-4H3,(H,25,26). The zero-order valence-corrected chi connectivity index (χ0v) is 17.3. The van der Waals surface area contributed by atoms with Crippen LogP contribution in [0, 0.1) is 6.92 Å². The second-order valence-electron chi connectivity index (χ2n) is 7.82. The maximum absolute atomic E-state index is 6.24. The minimum atomic E-state index is -0.0240. The molecule has 0 amide bonds. The first kappa shape index (κ1) is 18.4. The smallest absolute Gasteiger partial charge is 0.243 e. The Labute approximate surface area is 169 Å². The first-order chi connectivity index (χ1) is 13.4. The van der Waals surface area contributed by atoms with E-state index in [0.29, 0.717) is 5.88 Å². The topological polar surface area (TPSA) is 47.0 Å². The number of pyridine rings is 1. The van der Waals surface area contributed by atoms with E-state index >= 15 is 0 Å². The second kappa shape index (κ2) is 7.24. The van der Waals surface area contributed by atoms with E-state index in [1.807, 2.05) is 36.4 Å². The molecule has 0 spiro atoms. The number of aromatic nitrogens is 2. The van der Waals surface area contributed by atoms with Crippen LogP contribution in [-0.2, 0) is 5.41 Å². The SMILES string of the molecule is Cc1ccc2nc(Nc3cccnc3Oc3ccccc3C(C)(C)C)sc2c1. The molecule has 4 rings (SSSR count). The summed E-state index contributed by atoms with van der Waals surface area (Å²) >= 11 is 1.62.